The highest BCUT2D eigenvalue weighted by Crippen LogP contribution is 2.06. The van der Waals surface area contributed by atoms with Crippen molar-refractivity contribution in [2.45, 2.75) is 13.0 Å². The minimum absolute atomic E-state index is 0.976. The summed E-state index contributed by atoms with van der Waals surface area (Å²) in [5.74, 6) is 0. The van der Waals surface area contributed by atoms with Crippen molar-refractivity contribution in [3.8, 4) is 0 Å². The topological polar surface area (TPSA) is 3.88 Å². The molecular weight excluding hydrogens is 273 g/mol. The smallest absolute Gasteiger partial charge is 0.198 e. The van der Waals surface area contributed by atoms with E-state index in [1.807, 2.05) is 18.2 Å². The third kappa shape index (κ3) is 3.30. The van der Waals surface area contributed by atoms with Crippen molar-refractivity contribution in [1.29, 1.82) is 0 Å². The molecule has 0 fully saturated rings. The van der Waals surface area contributed by atoms with E-state index in [4.69, 9.17) is 0 Å². The summed E-state index contributed by atoms with van der Waals surface area (Å²) < 4.78 is 3.36. The van der Waals surface area contributed by atoms with Crippen LogP contribution in [0.5, 0.6) is 0 Å². The lowest BCUT2D eigenvalue weighted by atomic mass is 10.3. The van der Waals surface area contributed by atoms with Gasteiger partial charge >= 0.3 is 0 Å². The summed E-state index contributed by atoms with van der Waals surface area (Å²) in [6.45, 7) is 8.62. The molecule has 0 aliphatic heterocycles. The molecule has 1 rings (SSSR count). The van der Waals surface area contributed by atoms with Gasteiger partial charge in [0.05, 0.1) is 0 Å². The van der Waals surface area contributed by atoms with Crippen LogP contribution < -0.4 is 4.57 Å². The maximum absolute atomic E-state index is 3.87. The van der Waals surface area contributed by atoms with Gasteiger partial charge in [0.2, 0.25) is 5.69 Å². The monoisotopic (exact) mass is 286 g/mol. The molecule has 0 bridgehead atoms. The van der Waals surface area contributed by atoms with Gasteiger partial charge in [0.25, 0.3) is 0 Å². The highest BCUT2D eigenvalue weighted by Gasteiger charge is 2.04. The molecule has 0 atom stereocenters. The minimum Gasteiger partial charge on any atom is -0.198 e. The third-order valence-corrected chi connectivity index (χ3v) is 2.35. The van der Waals surface area contributed by atoms with Crippen LogP contribution in [0.2, 0.25) is 0 Å². The van der Waals surface area contributed by atoms with Gasteiger partial charge in [-0.1, -0.05) is 13.2 Å². The zero-order valence-electron chi connectivity index (χ0n) is 7.54. The fraction of sp³-hybridized carbons (Fsp3) is 0.182. The standard InChI is InChI=1S/C11H13IN/c1-3-11-6-4-5-8-13(11)9-7-10(2)12/h3-6,8H,1-2,7,9H2/q+1. The molecule has 0 unspecified atom stereocenters. The molecular formula is C11H13IN+. The highest BCUT2D eigenvalue weighted by atomic mass is 127. The molecule has 0 spiro atoms. The van der Waals surface area contributed by atoms with Crippen LogP contribution >= 0.6 is 22.6 Å². The van der Waals surface area contributed by atoms with E-state index in [1.54, 1.807) is 0 Å². The summed E-state index contributed by atoms with van der Waals surface area (Å²) >= 11 is 2.26. The lowest BCUT2D eigenvalue weighted by Crippen LogP contribution is -2.36. The molecule has 0 saturated carbocycles. The maximum atomic E-state index is 3.87. The van der Waals surface area contributed by atoms with Gasteiger partial charge in [-0.05, 0) is 32.2 Å². The van der Waals surface area contributed by atoms with E-state index in [0.29, 0.717) is 0 Å². The number of aryl methyl sites for hydroxylation is 1. The van der Waals surface area contributed by atoms with Gasteiger partial charge in [-0.25, -0.2) is 0 Å². The number of pyridine rings is 1. The molecule has 13 heavy (non-hydrogen) atoms. The van der Waals surface area contributed by atoms with Crippen molar-refractivity contribution in [2.24, 2.45) is 0 Å². The minimum atomic E-state index is 0.976. The van der Waals surface area contributed by atoms with Crippen LogP contribution in [-0.2, 0) is 6.54 Å². The Kier molecular flexibility index (Phi) is 4.15. The molecule has 0 radical (unpaired) electrons. The molecule has 0 amide bonds. The van der Waals surface area contributed by atoms with Gasteiger partial charge in [0.1, 0.15) is 0 Å². The van der Waals surface area contributed by atoms with Gasteiger partial charge in [-0.2, -0.15) is 4.57 Å². The Morgan fingerprint density at radius 3 is 2.92 bits per heavy atom. The fourth-order valence-electron chi connectivity index (χ4n) is 1.12. The number of rotatable bonds is 4. The molecule has 0 aliphatic rings. The third-order valence-electron chi connectivity index (χ3n) is 1.81. The summed E-state index contributed by atoms with van der Waals surface area (Å²) in [7, 11) is 0. The van der Waals surface area contributed by atoms with Gasteiger partial charge in [-0.3, -0.25) is 0 Å². The number of nitrogens with zero attached hydrogens (tertiary/aromatic N) is 1. The second-order valence-corrected chi connectivity index (χ2v) is 4.32. The lowest BCUT2D eigenvalue weighted by Gasteiger charge is -1.98. The Bertz CT molecular complexity index is 318. The van der Waals surface area contributed by atoms with Gasteiger partial charge in [0.15, 0.2) is 12.7 Å². The van der Waals surface area contributed by atoms with E-state index >= 15 is 0 Å². The van der Waals surface area contributed by atoms with Crippen LogP contribution in [0.1, 0.15) is 12.1 Å². The number of aromatic nitrogens is 1. The maximum Gasteiger partial charge on any atom is 0.204 e. The first kappa shape index (κ1) is 10.4. The molecule has 0 aromatic carbocycles. The molecule has 0 N–H and O–H groups in total. The first-order valence-corrected chi connectivity index (χ1v) is 5.26. The number of halogens is 1. The first-order valence-electron chi connectivity index (χ1n) is 4.18. The van der Waals surface area contributed by atoms with Crippen molar-refractivity contribution in [3.63, 3.8) is 0 Å². The van der Waals surface area contributed by atoms with Crippen LogP contribution in [0.25, 0.3) is 6.08 Å². The zero-order chi connectivity index (χ0) is 9.68. The molecule has 2 heteroatoms. The predicted octanol–water partition coefficient (Wildman–Crippen LogP) is 2.96. The molecule has 1 aromatic rings. The molecule has 1 nitrogen and oxygen atoms in total. The quantitative estimate of drug-likeness (QED) is 0.592. The average molecular weight is 286 g/mol. The number of hydrogen-bond acceptors (Lipinski definition) is 0. The van der Waals surface area contributed by atoms with Crippen molar-refractivity contribution < 1.29 is 4.57 Å². The molecule has 68 valence electrons. The van der Waals surface area contributed by atoms with E-state index < -0.39 is 0 Å². The summed E-state index contributed by atoms with van der Waals surface area (Å²) in [6.07, 6.45) is 4.95. The first-order chi connectivity index (χ1) is 6.24. The summed E-state index contributed by atoms with van der Waals surface area (Å²) in [5, 5.41) is 0. The summed E-state index contributed by atoms with van der Waals surface area (Å²) in [6, 6.07) is 6.11. The SMILES string of the molecule is C=Cc1cccc[n+]1CCC(=C)I. The van der Waals surface area contributed by atoms with Gasteiger partial charge in [0, 0.05) is 24.6 Å². The fourth-order valence-corrected chi connectivity index (χ4v) is 1.36. The van der Waals surface area contributed by atoms with E-state index in [0.717, 1.165) is 18.7 Å². The second kappa shape index (κ2) is 5.17. The molecule has 1 aromatic heterocycles. The average Bonchev–Trinajstić information content (AvgIpc) is 2.15. The largest absolute Gasteiger partial charge is 0.204 e. The molecule has 0 aliphatic carbocycles. The van der Waals surface area contributed by atoms with Crippen LogP contribution in [0.15, 0.2) is 41.1 Å². The van der Waals surface area contributed by atoms with Crippen molar-refractivity contribution in [3.05, 3.63) is 46.8 Å². The van der Waals surface area contributed by atoms with Crippen LogP contribution in [-0.4, -0.2) is 0 Å². The Labute approximate surface area is 92.9 Å². The Balaban J connectivity index is 2.75. The van der Waals surface area contributed by atoms with E-state index in [9.17, 15) is 0 Å². The number of hydrogen-bond donors (Lipinski definition) is 0. The Morgan fingerprint density at radius 2 is 2.31 bits per heavy atom. The normalized spacial score (nSPS) is 9.62. The summed E-state index contributed by atoms with van der Waals surface area (Å²) in [4.78, 5) is 0. The zero-order valence-corrected chi connectivity index (χ0v) is 9.70. The van der Waals surface area contributed by atoms with Crippen molar-refractivity contribution >= 4 is 28.7 Å². The predicted molar refractivity (Wildman–Crippen MR) is 64.5 cm³/mol. The van der Waals surface area contributed by atoms with Crippen molar-refractivity contribution in [1.82, 2.24) is 0 Å². The molecule has 0 saturated heterocycles. The summed E-state index contributed by atoms with van der Waals surface area (Å²) in [5.41, 5.74) is 1.15. The number of allylic oxidation sites excluding steroid dienone is 1. The van der Waals surface area contributed by atoms with E-state index in [1.165, 1.54) is 3.58 Å². The molecule has 1 heterocycles. The lowest BCUT2D eigenvalue weighted by molar-refractivity contribution is -0.697. The van der Waals surface area contributed by atoms with Gasteiger partial charge < -0.3 is 0 Å². The van der Waals surface area contributed by atoms with Gasteiger partial charge in [-0.15, -0.1) is 0 Å². The van der Waals surface area contributed by atoms with Crippen LogP contribution in [0.3, 0.4) is 0 Å². The second-order valence-electron chi connectivity index (χ2n) is 2.79. The van der Waals surface area contributed by atoms with Crippen LogP contribution in [0.4, 0.5) is 0 Å². The van der Waals surface area contributed by atoms with E-state index in [2.05, 4.69) is 52.6 Å². The highest BCUT2D eigenvalue weighted by molar-refractivity contribution is 14.1. The Hall–Kier alpha value is -0.640. The van der Waals surface area contributed by atoms with Crippen LogP contribution in [0, 0.1) is 0 Å². The van der Waals surface area contributed by atoms with E-state index in [-0.39, 0.29) is 0 Å². The Morgan fingerprint density at radius 1 is 1.54 bits per heavy atom. The van der Waals surface area contributed by atoms with Crippen molar-refractivity contribution in [2.75, 3.05) is 0 Å².